The van der Waals surface area contributed by atoms with E-state index in [4.69, 9.17) is 4.42 Å². The van der Waals surface area contributed by atoms with Crippen molar-refractivity contribution in [1.82, 2.24) is 4.90 Å². The zero-order valence-electron chi connectivity index (χ0n) is 16.7. The number of hydrogen-bond donors (Lipinski definition) is 0. The summed E-state index contributed by atoms with van der Waals surface area (Å²) in [7, 11) is -3.04. The maximum Gasteiger partial charge on any atom is 0.226 e. The normalized spacial score (nSPS) is 27.6. The minimum atomic E-state index is -3.04. The second kappa shape index (κ2) is 8.80. The van der Waals surface area contributed by atoms with Gasteiger partial charge in [0.1, 0.15) is 11.5 Å². The fraction of sp³-hybridized carbons (Fsp3) is 0.762. The van der Waals surface area contributed by atoms with Crippen molar-refractivity contribution < 1.29 is 17.6 Å². The minimum Gasteiger partial charge on any atom is -0.464 e. The van der Waals surface area contributed by atoms with Crippen LogP contribution >= 0.6 is 0 Å². The zero-order chi connectivity index (χ0) is 19.4. The quantitative estimate of drug-likeness (QED) is 0.697. The van der Waals surface area contributed by atoms with Gasteiger partial charge in [-0.3, -0.25) is 4.79 Å². The lowest BCUT2D eigenvalue weighted by molar-refractivity contribution is -0.139. The highest BCUT2D eigenvalue weighted by Gasteiger charge is 2.38. The summed E-state index contributed by atoms with van der Waals surface area (Å²) in [6, 6.07) is 3.56. The van der Waals surface area contributed by atoms with Gasteiger partial charge in [-0.15, -0.1) is 0 Å². The van der Waals surface area contributed by atoms with Crippen molar-refractivity contribution in [2.75, 3.05) is 11.5 Å². The van der Waals surface area contributed by atoms with Crippen LogP contribution < -0.4 is 0 Å². The summed E-state index contributed by atoms with van der Waals surface area (Å²) < 4.78 is 29.6. The number of rotatable bonds is 7. The Hall–Kier alpha value is -1.30. The molecule has 27 heavy (non-hydrogen) atoms. The molecule has 0 radical (unpaired) electrons. The molecule has 2 heterocycles. The summed E-state index contributed by atoms with van der Waals surface area (Å²) in [5.74, 6) is 2.73. The third-order valence-electron chi connectivity index (χ3n) is 6.22. The Morgan fingerprint density at radius 2 is 1.93 bits per heavy atom. The smallest absolute Gasteiger partial charge is 0.226 e. The molecule has 1 aromatic heterocycles. The summed E-state index contributed by atoms with van der Waals surface area (Å²) in [6.45, 7) is 4.48. The molecule has 0 N–H and O–H groups in total. The van der Waals surface area contributed by atoms with Crippen LogP contribution in [0.25, 0.3) is 0 Å². The molecule has 152 valence electrons. The van der Waals surface area contributed by atoms with Crippen LogP contribution in [0, 0.1) is 18.8 Å². The summed E-state index contributed by atoms with van der Waals surface area (Å²) >= 11 is 0. The van der Waals surface area contributed by atoms with E-state index in [1.807, 2.05) is 19.1 Å². The van der Waals surface area contributed by atoms with E-state index >= 15 is 0 Å². The van der Waals surface area contributed by atoms with E-state index in [9.17, 15) is 13.2 Å². The van der Waals surface area contributed by atoms with Crippen molar-refractivity contribution in [2.24, 2.45) is 11.8 Å². The lowest BCUT2D eigenvalue weighted by Crippen LogP contribution is -2.44. The number of carbonyl (C=O) groups is 1. The molecule has 5 nitrogen and oxygen atoms in total. The number of unbranched alkanes of at least 4 members (excludes halogenated alkanes) is 1. The monoisotopic (exact) mass is 395 g/mol. The maximum absolute atomic E-state index is 13.3. The van der Waals surface area contributed by atoms with Crippen molar-refractivity contribution in [2.45, 2.75) is 77.8 Å². The van der Waals surface area contributed by atoms with Crippen LogP contribution in [-0.2, 0) is 21.2 Å². The van der Waals surface area contributed by atoms with Gasteiger partial charge in [0.15, 0.2) is 9.84 Å². The van der Waals surface area contributed by atoms with Gasteiger partial charge in [0.25, 0.3) is 0 Å². The van der Waals surface area contributed by atoms with Crippen LogP contribution in [0.5, 0.6) is 0 Å². The van der Waals surface area contributed by atoms with Crippen molar-refractivity contribution in [3.05, 3.63) is 23.7 Å². The molecule has 0 aromatic carbocycles. The van der Waals surface area contributed by atoms with E-state index in [1.54, 1.807) is 4.90 Å². The molecule has 1 saturated heterocycles. The highest BCUT2D eigenvalue weighted by Crippen LogP contribution is 2.34. The molecule has 1 amide bonds. The molecule has 0 unspecified atom stereocenters. The zero-order valence-corrected chi connectivity index (χ0v) is 17.5. The van der Waals surface area contributed by atoms with Gasteiger partial charge in [0.2, 0.25) is 5.91 Å². The number of aryl methyl sites for hydroxylation is 1. The molecule has 2 fully saturated rings. The van der Waals surface area contributed by atoms with Gasteiger partial charge >= 0.3 is 0 Å². The Kier molecular flexibility index (Phi) is 6.66. The molecular formula is C21H33NO4S. The summed E-state index contributed by atoms with van der Waals surface area (Å²) in [6.07, 6.45) is 8.41. The van der Waals surface area contributed by atoms with Crippen LogP contribution in [0.2, 0.25) is 0 Å². The second-order valence-electron chi connectivity index (χ2n) is 8.40. The molecular weight excluding hydrogens is 362 g/mol. The van der Waals surface area contributed by atoms with E-state index in [0.29, 0.717) is 13.0 Å². The summed E-state index contributed by atoms with van der Waals surface area (Å²) in [5, 5.41) is 0. The SMILES string of the molecule is CCCCC1CCC(C(=O)N(Cc2ccc(C)o2)[C@@H]2CCS(=O)(=O)C2)CC1. The Bertz CT molecular complexity index is 731. The van der Waals surface area contributed by atoms with Gasteiger partial charge in [-0.05, 0) is 57.1 Å². The first kappa shape index (κ1) is 20.4. The number of hydrogen-bond acceptors (Lipinski definition) is 4. The number of amides is 1. The van der Waals surface area contributed by atoms with E-state index in [0.717, 1.165) is 43.1 Å². The van der Waals surface area contributed by atoms with Crippen molar-refractivity contribution in [1.29, 1.82) is 0 Å². The first-order chi connectivity index (χ1) is 12.9. The van der Waals surface area contributed by atoms with Crippen LogP contribution in [0.1, 0.15) is 69.8 Å². The van der Waals surface area contributed by atoms with Crippen LogP contribution in [0.3, 0.4) is 0 Å². The van der Waals surface area contributed by atoms with Crippen LogP contribution in [0.4, 0.5) is 0 Å². The Labute approximate surface area is 163 Å². The first-order valence-corrected chi connectivity index (χ1v) is 12.3. The summed E-state index contributed by atoms with van der Waals surface area (Å²) in [4.78, 5) is 15.1. The average molecular weight is 396 g/mol. The highest BCUT2D eigenvalue weighted by atomic mass is 32.2. The molecule has 2 aliphatic rings. The molecule has 0 spiro atoms. The molecule has 0 bridgehead atoms. The third kappa shape index (κ3) is 5.37. The highest BCUT2D eigenvalue weighted by molar-refractivity contribution is 7.91. The summed E-state index contributed by atoms with van der Waals surface area (Å²) in [5.41, 5.74) is 0. The number of carbonyl (C=O) groups excluding carboxylic acids is 1. The number of sulfone groups is 1. The van der Waals surface area contributed by atoms with E-state index in [-0.39, 0.29) is 29.4 Å². The molecule has 1 saturated carbocycles. The second-order valence-corrected chi connectivity index (χ2v) is 10.6. The lowest BCUT2D eigenvalue weighted by atomic mass is 9.79. The lowest BCUT2D eigenvalue weighted by Gasteiger charge is -2.34. The first-order valence-electron chi connectivity index (χ1n) is 10.4. The Balaban J connectivity index is 1.67. The molecule has 1 atom stereocenters. The minimum absolute atomic E-state index is 0.0299. The third-order valence-corrected chi connectivity index (χ3v) is 7.97. The molecule has 1 aliphatic heterocycles. The largest absolute Gasteiger partial charge is 0.464 e. The van der Waals surface area contributed by atoms with Gasteiger partial charge in [0.05, 0.1) is 18.1 Å². The van der Waals surface area contributed by atoms with Gasteiger partial charge in [-0.1, -0.05) is 26.2 Å². The average Bonchev–Trinajstić information content (AvgIpc) is 3.22. The number of furan rings is 1. The molecule has 6 heteroatoms. The van der Waals surface area contributed by atoms with Crippen molar-refractivity contribution >= 4 is 15.7 Å². The molecule has 3 rings (SSSR count). The standard InChI is InChI=1S/C21H33NO4S/c1-3-4-5-17-7-9-18(10-8-17)21(23)22(14-20-11-6-16(2)26-20)19-12-13-27(24,25)15-19/h6,11,17-19H,3-5,7-10,12-15H2,1-2H3/t17?,18?,19-/m1/s1. The topological polar surface area (TPSA) is 67.6 Å². The fourth-order valence-electron chi connectivity index (χ4n) is 4.57. The maximum atomic E-state index is 13.3. The van der Waals surface area contributed by atoms with Crippen LogP contribution in [0.15, 0.2) is 16.5 Å². The Morgan fingerprint density at radius 1 is 1.19 bits per heavy atom. The molecule has 1 aliphatic carbocycles. The van der Waals surface area contributed by atoms with Crippen molar-refractivity contribution in [3.63, 3.8) is 0 Å². The predicted octanol–water partition coefficient (Wildman–Crippen LogP) is 4.10. The van der Waals surface area contributed by atoms with Gasteiger partial charge in [0, 0.05) is 12.0 Å². The Morgan fingerprint density at radius 3 is 2.48 bits per heavy atom. The number of nitrogens with zero attached hydrogens (tertiary/aromatic N) is 1. The van der Waals surface area contributed by atoms with Gasteiger partial charge in [-0.2, -0.15) is 0 Å². The predicted molar refractivity (Wildman–Crippen MR) is 106 cm³/mol. The van der Waals surface area contributed by atoms with Crippen molar-refractivity contribution in [3.8, 4) is 0 Å². The molecule has 1 aromatic rings. The fourth-order valence-corrected chi connectivity index (χ4v) is 6.30. The van der Waals surface area contributed by atoms with E-state index < -0.39 is 9.84 Å². The van der Waals surface area contributed by atoms with Crippen LogP contribution in [-0.4, -0.2) is 36.8 Å². The van der Waals surface area contributed by atoms with E-state index in [2.05, 4.69) is 6.92 Å². The van der Waals surface area contributed by atoms with Gasteiger partial charge < -0.3 is 9.32 Å². The van der Waals surface area contributed by atoms with Gasteiger partial charge in [-0.25, -0.2) is 8.42 Å². The van der Waals surface area contributed by atoms with E-state index in [1.165, 1.54) is 19.3 Å².